The highest BCUT2D eigenvalue weighted by Gasteiger charge is 2.25. The molecule has 1 amide bonds. The summed E-state index contributed by atoms with van der Waals surface area (Å²) < 4.78 is 36.2. The van der Waals surface area contributed by atoms with Crippen LogP contribution in [0.4, 0.5) is 5.69 Å². The molecule has 1 N–H and O–H groups in total. The molecule has 0 radical (unpaired) electrons. The number of carbonyl (C=O) groups excluding carboxylic acids is 1. The summed E-state index contributed by atoms with van der Waals surface area (Å²) in [5.74, 6) is 0.451. The van der Waals surface area contributed by atoms with Gasteiger partial charge in [0.25, 0.3) is 0 Å². The number of ether oxygens (including phenoxy) is 2. The number of hydrogen-bond acceptors (Lipinski definition) is 5. The molecule has 0 fully saturated rings. The molecule has 0 saturated carbocycles. The molecule has 7 nitrogen and oxygen atoms in total. The second kappa shape index (κ2) is 10.2. The maximum absolute atomic E-state index is 12.5. The van der Waals surface area contributed by atoms with Crippen LogP contribution in [0.25, 0.3) is 0 Å². The first-order valence-electron chi connectivity index (χ1n) is 9.27. The first-order valence-corrected chi connectivity index (χ1v) is 11.1. The number of carbonyl (C=O) groups is 1. The fraction of sp³-hybridized carbons (Fsp3) is 0.381. The van der Waals surface area contributed by atoms with Crippen LogP contribution in [-0.2, 0) is 21.2 Å². The number of anilines is 1. The molecule has 29 heavy (non-hydrogen) atoms. The molecule has 0 aliphatic heterocycles. The monoisotopic (exact) mass is 420 g/mol. The molecule has 0 heterocycles. The van der Waals surface area contributed by atoms with Crippen LogP contribution in [0.1, 0.15) is 18.9 Å². The van der Waals surface area contributed by atoms with Crippen LogP contribution in [0.15, 0.2) is 48.5 Å². The Kier molecular flexibility index (Phi) is 7.90. The lowest BCUT2D eigenvalue weighted by molar-refractivity contribution is -0.120. The molecule has 2 rings (SSSR count). The van der Waals surface area contributed by atoms with E-state index in [0.717, 1.165) is 23.4 Å². The Morgan fingerprint density at radius 3 is 2.38 bits per heavy atom. The van der Waals surface area contributed by atoms with Gasteiger partial charge in [-0.05, 0) is 37.5 Å². The number of sulfonamides is 1. The van der Waals surface area contributed by atoms with Crippen molar-refractivity contribution in [2.24, 2.45) is 0 Å². The third kappa shape index (κ3) is 6.67. The summed E-state index contributed by atoms with van der Waals surface area (Å²) in [7, 11) is -0.763. The fourth-order valence-corrected chi connectivity index (χ4v) is 3.78. The zero-order chi connectivity index (χ0) is 21.4. The Bertz CT molecular complexity index is 916. The molecular formula is C21H28N2O5S. The number of methoxy groups -OCH3 is 2. The van der Waals surface area contributed by atoms with Gasteiger partial charge in [0, 0.05) is 12.1 Å². The van der Waals surface area contributed by atoms with Gasteiger partial charge in [-0.25, -0.2) is 8.42 Å². The van der Waals surface area contributed by atoms with Crippen LogP contribution < -0.4 is 19.1 Å². The summed E-state index contributed by atoms with van der Waals surface area (Å²) in [4.78, 5) is 12.5. The van der Waals surface area contributed by atoms with E-state index in [-0.39, 0.29) is 24.2 Å². The lowest BCUT2D eigenvalue weighted by Crippen LogP contribution is -2.43. The van der Waals surface area contributed by atoms with E-state index in [1.54, 1.807) is 18.2 Å². The van der Waals surface area contributed by atoms with E-state index in [9.17, 15) is 13.2 Å². The van der Waals surface area contributed by atoms with Gasteiger partial charge >= 0.3 is 0 Å². The zero-order valence-electron chi connectivity index (χ0n) is 17.2. The molecule has 2 aromatic rings. The maximum Gasteiger partial charge on any atom is 0.240 e. The van der Waals surface area contributed by atoms with Gasteiger partial charge in [-0.2, -0.15) is 0 Å². The first-order chi connectivity index (χ1) is 13.7. The normalized spacial score (nSPS) is 12.1. The Morgan fingerprint density at radius 1 is 1.10 bits per heavy atom. The summed E-state index contributed by atoms with van der Waals surface area (Å²) in [5, 5.41) is 2.87. The minimum absolute atomic E-state index is 0.0955. The van der Waals surface area contributed by atoms with Gasteiger partial charge in [-0.1, -0.05) is 30.3 Å². The predicted octanol–water partition coefficient (Wildman–Crippen LogP) is 2.61. The van der Waals surface area contributed by atoms with Gasteiger partial charge in [0.2, 0.25) is 15.9 Å². The van der Waals surface area contributed by atoms with Crippen molar-refractivity contribution >= 4 is 21.6 Å². The largest absolute Gasteiger partial charge is 0.497 e. The molecule has 8 heteroatoms. The average molecular weight is 421 g/mol. The van der Waals surface area contributed by atoms with Crippen molar-refractivity contribution in [3.63, 3.8) is 0 Å². The van der Waals surface area contributed by atoms with Crippen molar-refractivity contribution in [1.29, 1.82) is 0 Å². The van der Waals surface area contributed by atoms with Gasteiger partial charge in [0.15, 0.2) is 0 Å². The van der Waals surface area contributed by atoms with E-state index in [1.807, 2.05) is 37.3 Å². The number of hydrogen-bond donors (Lipinski definition) is 1. The fourth-order valence-electron chi connectivity index (χ4n) is 2.92. The quantitative estimate of drug-likeness (QED) is 0.639. The van der Waals surface area contributed by atoms with Crippen LogP contribution in [0.2, 0.25) is 0 Å². The van der Waals surface area contributed by atoms with Gasteiger partial charge in [-0.15, -0.1) is 0 Å². The topological polar surface area (TPSA) is 84.9 Å². The van der Waals surface area contributed by atoms with Gasteiger partial charge in [0.05, 0.1) is 26.2 Å². The Hall–Kier alpha value is -2.74. The molecule has 2 aromatic carbocycles. The maximum atomic E-state index is 12.5. The van der Waals surface area contributed by atoms with Crippen LogP contribution >= 0.6 is 0 Å². The summed E-state index contributed by atoms with van der Waals surface area (Å²) in [6.45, 7) is 1.57. The second-order valence-electron chi connectivity index (χ2n) is 6.80. The standard InChI is InChI=1S/C21H28N2O5S/c1-16(10-11-17-8-6-5-7-9-17)22-21(24)15-23(29(4,25)26)19-13-12-18(27-2)14-20(19)28-3/h5-9,12-14,16H,10-11,15H2,1-4H3,(H,22,24)/t16-/m1/s1. The van der Waals surface area contributed by atoms with Crippen LogP contribution in [0.5, 0.6) is 11.5 Å². The summed E-state index contributed by atoms with van der Waals surface area (Å²) >= 11 is 0. The molecule has 158 valence electrons. The predicted molar refractivity (Wildman–Crippen MR) is 114 cm³/mol. The third-order valence-electron chi connectivity index (χ3n) is 4.46. The number of benzene rings is 2. The van der Waals surface area contributed by atoms with E-state index in [1.165, 1.54) is 19.8 Å². The van der Waals surface area contributed by atoms with Crippen molar-refractivity contribution in [3.8, 4) is 11.5 Å². The molecule has 0 saturated heterocycles. The van der Waals surface area contributed by atoms with Crippen molar-refractivity contribution in [2.45, 2.75) is 25.8 Å². The minimum atomic E-state index is -3.70. The van der Waals surface area contributed by atoms with Crippen LogP contribution in [0.3, 0.4) is 0 Å². The highest BCUT2D eigenvalue weighted by molar-refractivity contribution is 7.92. The number of amides is 1. The number of nitrogens with zero attached hydrogens (tertiary/aromatic N) is 1. The molecule has 0 aromatic heterocycles. The Labute approximate surface area is 172 Å². The smallest absolute Gasteiger partial charge is 0.240 e. The van der Waals surface area contributed by atoms with E-state index >= 15 is 0 Å². The highest BCUT2D eigenvalue weighted by atomic mass is 32.2. The lowest BCUT2D eigenvalue weighted by Gasteiger charge is -2.25. The first kappa shape index (κ1) is 22.5. The van der Waals surface area contributed by atoms with Gasteiger partial charge in [-0.3, -0.25) is 9.10 Å². The van der Waals surface area contributed by atoms with E-state index < -0.39 is 10.0 Å². The molecule has 1 atom stereocenters. The molecule has 0 unspecified atom stereocenters. The molecule has 0 bridgehead atoms. The lowest BCUT2D eigenvalue weighted by atomic mass is 10.1. The second-order valence-corrected chi connectivity index (χ2v) is 8.71. The van der Waals surface area contributed by atoms with Crippen molar-refractivity contribution in [3.05, 3.63) is 54.1 Å². The van der Waals surface area contributed by atoms with Crippen molar-refractivity contribution in [2.75, 3.05) is 31.3 Å². The Balaban J connectivity index is 2.07. The molecule has 0 aliphatic rings. The summed E-state index contributed by atoms with van der Waals surface area (Å²) in [6.07, 6.45) is 2.63. The van der Waals surface area contributed by atoms with Crippen LogP contribution in [0, 0.1) is 0 Å². The summed E-state index contributed by atoms with van der Waals surface area (Å²) in [5.41, 5.74) is 1.47. The third-order valence-corrected chi connectivity index (χ3v) is 5.59. The highest BCUT2D eigenvalue weighted by Crippen LogP contribution is 2.33. The SMILES string of the molecule is COc1ccc(N(CC(=O)N[C@H](C)CCc2ccccc2)S(C)(=O)=O)c(OC)c1. The number of nitrogens with one attached hydrogen (secondary N) is 1. The molecule has 0 spiro atoms. The number of aryl methyl sites for hydroxylation is 1. The van der Waals surface area contributed by atoms with Crippen molar-refractivity contribution in [1.82, 2.24) is 5.32 Å². The van der Waals surface area contributed by atoms with Crippen molar-refractivity contribution < 1.29 is 22.7 Å². The van der Waals surface area contributed by atoms with Crippen LogP contribution in [-0.4, -0.2) is 47.4 Å². The summed E-state index contributed by atoms with van der Waals surface area (Å²) in [6, 6.07) is 14.7. The average Bonchev–Trinajstić information content (AvgIpc) is 2.70. The van der Waals surface area contributed by atoms with E-state index in [4.69, 9.17) is 9.47 Å². The molecular weight excluding hydrogens is 392 g/mol. The number of rotatable bonds is 10. The Morgan fingerprint density at radius 2 is 1.79 bits per heavy atom. The van der Waals surface area contributed by atoms with E-state index in [2.05, 4.69) is 5.32 Å². The van der Waals surface area contributed by atoms with Gasteiger partial charge < -0.3 is 14.8 Å². The van der Waals surface area contributed by atoms with E-state index in [0.29, 0.717) is 11.5 Å². The molecule has 0 aliphatic carbocycles. The zero-order valence-corrected chi connectivity index (χ0v) is 18.0. The van der Waals surface area contributed by atoms with Gasteiger partial charge in [0.1, 0.15) is 18.0 Å². The minimum Gasteiger partial charge on any atom is -0.497 e.